The van der Waals surface area contributed by atoms with Crippen LogP contribution >= 0.6 is 0 Å². The van der Waals surface area contributed by atoms with Crippen LogP contribution in [-0.4, -0.2) is 96.9 Å². The van der Waals surface area contributed by atoms with E-state index < -0.39 is 36.0 Å². The zero-order chi connectivity index (χ0) is 33.1. The highest BCUT2D eigenvalue weighted by atomic mass is 16.6. The Morgan fingerprint density at radius 1 is 1.13 bits per heavy atom. The van der Waals surface area contributed by atoms with Gasteiger partial charge in [0.2, 0.25) is 11.8 Å². The van der Waals surface area contributed by atoms with Gasteiger partial charge in [0.15, 0.2) is 0 Å². The zero-order valence-corrected chi connectivity index (χ0v) is 27.3. The van der Waals surface area contributed by atoms with Gasteiger partial charge in [0.1, 0.15) is 23.9 Å². The molecule has 2 amide bonds. The number of carbonyl (C=O) groups is 4. The molecular formula is C33H50N2O10. The molecule has 3 aliphatic rings. The van der Waals surface area contributed by atoms with E-state index >= 15 is 0 Å². The van der Waals surface area contributed by atoms with Crippen molar-refractivity contribution in [3.05, 3.63) is 36.0 Å². The number of hydrogen-bond acceptors (Lipinski definition) is 10. The number of rotatable bonds is 14. The number of allylic oxidation sites excluding steroid dienone is 2. The van der Waals surface area contributed by atoms with E-state index in [0.29, 0.717) is 26.1 Å². The summed E-state index contributed by atoms with van der Waals surface area (Å²) < 4.78 is 27.9. The van der Waals surface area contributed by atoms with Gasteiger partial charge in [-0.25, -0.2) is 0 Å². The molecule has 0 unspecified atom stereocenters. The third kappa shape index (κ3) is 11.7. The number of ether oxygens (including phenoxy) is 5. The van der Waals surface area contributed by atoms with Crippen molar-refractivity contribution in [1.29, 1.82) is 0 Å². The minimum Gasteiger partial charge on any atom is -0.466 e. The quantitative estimate of drug-likeness (QED) is 0.112. The van der Waals surface area contributed by atoms with Gasteiger partial charge in [0.05, 0.1) is 50.4 Å². The lowest BCUT2D eigenvalue weighted by molar-refractivity contribution is -0.146. The molecule has 0 aromatic carbocycles. The summed E-state index contributed by atoms with van der Waals surface area (Å²) in [5.74, 6) is -1.07. The fraction of sp³-hybridized carbons (Fsp3) is 0.697. The van der Waals surface area contributed by atoms with Crippen molar-refractivity contribution >= 4 is 23.8 Å². The molecule has 9 atom stereocenters. The average molecular weight is 635 g/mol. The lowest BCUT2D eigenvalue weighted by Crippen LogP contribution is -2.51. The molecule has 12 nitrogen and oxygen atoms in total. The summed E-state index contributed by atoms with van der Waals surface area (Å²) in [6, 6.07) is -0.142. The van der Waals surface area contributed by atoms with Gasteiger partial charge in [-0.1, -0.05) is 30.7 Å². The molecular weight excluding hydrogens is 584 g/mol. The first-order valence-electron chi connectivity index (χ1n) is 15.9. The van der Waals surface area contributed by atoms with Crippen LogP contribution in [0, 0.1) is 5.92 Å². The van der Waals surface area contributed by atoms with Crippen LogP contribution in [0.3, 0.4) is 0 Å². The van der Waals surface area contributed by atoms with E-state index in [2.05, 4.69) is 23.6 Å². The number of hydrogen-bond donors (Lipinski definition) is 3. The van der Waals surface area contributed by atoms with Crippen LogP contribution in [0.2, 0.25) is 0 Å². The molecule has 45 heavy (non-hydrogen) atoms. The first kappa shape index (κ1) is 36.4. The van der Waals surface area contributed by atoms with E-state index in [9.17, 15) is 24.3 Å². The summed E-state index contributed by atoms with van der Waals surface area (Å²) in [5, 5.41) is 16.6. The number of carbonyl (C=O) groups excluding carboxylic acids is 4. The maximum atomic E-state index is 12.5. The zero-order valence-electron chi connectivity index (χ0n) is 27.3. The van der Waals surface area contributed by atoms with Crippen molar-refractivity contribution in [1.82, 2.24) is 10.6 Å². The molecule has 0 aromatic heterocycles. The average Bonchev–Trinajstić information content (AvgIpc) is 3.73. The fourth-order valence-corrected chi connectivity index (χ4v) is 5.70. The second kappa shape index (κ2) is 17.0. The van der Waals surface area contributed by atoms with Gasteiger partial charge in [-0.3, -0.25) is 19.2 Å². The molecule has 252 valence electrons. The van der Waals surface area contributed by atoms with Crippen molar-refractivity contribution < 1.29 is 48.0 Å². The highest BCUT2D eigenvalue weighted by Gasteiger charge is 2.58. The normalized spacial score (nSPS) is 32.3. The monoisotopic (exact) mass is 634 g/mol. The van der Waals surface area contributed by atoms with E-state index in [1.165, 1.54) is 13.0 Å². The van der Waals surface area contributed by atoms with Crippen LogP contribution < -0.4 is 10.6 Å². The molecule has 3 rings (SSSR count). The molecule has 0 aromatic rings. The van der Waals surface area contributed by atoms with E-state index in [1.807, 2.05) is 19.9 Å². The first-order valence-corrected chi connectivity index (χ1v) is 15.9. The molecule has 0 aliphatic carbocycles. The second-order valence-corrected chi connectivity index (χ2v) is 12.3. The highest BCUT2D eigenvalue weighted by Crippen LogP contribution is 2.43. The van der Waals surface area contributed by atoms with Crippen LogP contribution in [0.1, 0.15) is 73.6 Å². The Morgan fingerprint density at radius 2 is 1.87 bits per heavy atom. The SMILES string of the molecule is CCOC(=O)CCNC(=O)C[C@@H]1C[C@@]2(CO2)[C@H](O)[C@@H](/C=C/C(C)=C/C[C@@H]2O[C@H](C)[C@H](NC(=O)/C=C\[C@H](C)OC(C)=O)C[C@@H]2C)O1. The van der Waals surface area contributed by atoms with Crippen LogP contribution in [0.25, 0.3) is 0 Å². The number of aliphatic hydroxyl groups excluding tert-OH is 1. The van der Waals surface area contributed by atoms with E-state index in [-0.39, 0.29) is 61.3 Å². The fourth-order valence-electron chi connectivity index (χ4n) is 5.70. The van der Waals surface area contributed by atoms with Crippen LogP contribution in [0.5, 0.6) is 0 Å². The molecule has 1 spiro atoms. The maximum Gasteiger partial charge on any atom is 0.307 e. The lowest BCUT2D eigenvalue weighted by atomic mass is 9.87. The van der Waals surface area contributed by atoms with Gasteiger partial charge in [0.25, 0.3) is 0 Å². The number of amides is 2. The smallest absolute Gasteiger partial charge is 0.307 e. The number of nitrogens with one attached hydrogen (secondary N) is 2. The number of esters is 2. The van der Waals surface area contributed by atoms with Gasteiger partial charge >= 0.3 is 11.9 Å². The van der Waals surface area contributed by atoms with Crippen molar-refractivity contribution in [3.8, 4) is 0 Å². The number of aliphatic hydroxyl groups is 1. The standard InChI is InChI=1S/C33H50N2O10/c1-7-41-31(39)14-15-34-30(38)17-25-18-33(19-42-33)32(40)28(45-25)12-9-20(2)8-11-27-21(3)16-26(23(5)44-27)35-29(37)13-10-22(4)43-24(6)36/h8-10,12-13,21-23,25-28,32,40H,7,11,14-19H2,1-6H3,(H,34,38)(H,35,37)/b12-9+,13-10-,20-8+/t21-,22-,23+,25+,26+,27-,28+,32+,33+/m0/s1. The summed E-state index contributed by atoms with van der Waals surface area (Å²) in [4.78, 5) is 47.4. The summed E-state index contributed by atoms with van der Waals surface area (Å²) >= 11 is 0. The molecule has 3 fully saturated rings. The Balaban J connectivity index is 1.48. The molecule has 3 aliphatic heterocycles. The summed E-state index contributed by atoms with van der Waals surface area (Å²) in [7, 11) is 0. The van der Waals surface area contributed by atoms with Gasteiger partial charge < -0.3 is 39.4 Å². The van der Waals surface area contributed by atoms with Crippen molar-refractivity contribution in [2.24, 2.45) is 5.92 Å². The van der Waals surface area contributed by atoms with Crippen molar-refractivity contribution in [3.63, 3.8) is 0 Å². The van der Waals surface area contributed by atoms with Crippen LogP contribution in [0.15, 0.2) is 36.0 Å². The predicted octanol–water partition coefficient (Wildman–Crippen LogP) is 2.43. The molecule has 0 radical (unpaired) electrons. The molecule has 3 N–H and O–H groups in total. The maximum absolute atomic E-state index is 12.5. The molecule has 12 heteroatoms. The lowest BCUT2D eigenvalue weighted by Gasteiger charge is -2.39. The van der Waals surface area contributed by atoms with Crippen molar-refractivity contribution in [2.75, 3.05) is 19.8 Å². The largest absolute Gasteiger partial charge is 0.466 e. The van der Waals surface area contributed by atoms with Crippen molar-refractivity contribution in [2.45, 2.75) is 122 Å². The van der Waals surface area contributed by atoms with Gasteiger partial charge in [-0.2, -0.15) is 0 Å². The minimum atomic E-state index is -0.848. The minimum absolute atomic E-state index is 0.0255. The Kier molecular flexibility index (Phi) is 13.8. The predicted molar refractivity (Wildman–Crippen MR) is 165 cm³/mol. The molecule has 3 heterocycles. The van der Waals surface area contributed by atoms with Crippen LogP contribution in [-0.2, 0) is 42.9 Å². The summed E-state index contributed by atoms with van der Waals surface area (Å²) in [5.41, 5.74) is 0.270. The van der Waals surface area contributed by atoms with E-state index in [1.54, 1.807) is 26.0 Å². The first-order chi connectivity index (χ1) is 21.3. The molecule has 0 saturated carbocycles. The Bertz CT molecular complexity index is 1130. The summed E-state index contributed by atoms with van der Waals surface area (Å²) in [6.45, 7) is 11.7. The molecule has 0 bridgehead atoms. The highest BCUT2D eigenvalue weighted by molar-refractivity contribution is 5.87. The third-order valence-corrected chi connectivity index (χ3v) is 8.29. The second-order valence-electron chi connectivity index (χ2n) is 12.3. The molecule has 3 saturated heterocycles. The van der Waals surface area contributed by atoms with E-state index in [0.717, 1.165) is 12.0 Å². The Labute approximate surface area is 265 Å². The number of epoxide rings is 1. The van der Waals surface area contributed by atoms with Gasteiger partial charge in [-0.05, 0) is 52.5 Å². The van der Waals surface area contributed by atoms with Gasteiger partial charge in [-0.15, -0.1) is 0 Å². The Morgan fingerprint density at radius 3 is 2.53 bits per heavy atom. The van der Waals surface area contributed by atoms with Gasteiger partial charge in [0, 0.05) is 26.0 Å². The summed E-state index contributed by atoms with van der Waals surface area (Å²) in [6.07, 6.45) is 8.15. The van der Waals surface area contributed by atoms with E-state index in [4.69, 9.17) is 23.7 Å². The van der Waals surface area contributed by atoms with Crippen LogP contribution in [0.4, 0.5) is 0 Å². The topological polar surface area (TPSA) is 162 Å². The third-order valence-electron chi connectivity index (χ3n) is 8.29. The Hall–Kier alpha value is -3.06.